The van der Waals surface area contributed by atoms with Gasteiger partial charge in [-0.2, -0.15) is 0 Å². The van der Waals surface area contributed by atoms with Gasteiger partial charge in [-0.05, 0) is 0 Å². The highest BCUT2D eigenvalue weighted by Gasteiger charge is 2.31. The first kappa shape index (κ1) is 15.3. The van der Waals surface area contributed by atoms with E-state index in [1.807, 2.05) is 0 Å². The van der Waals surface area contributed by atoms with E-state index in [9.17, 15) is 23.3 Å². The third-order valence-electron chi connectivity index (χ3n) is 2.64. The van der Waals surface area contributed by atoms with Gasteiger partial charge >= 0.3 is 0 Å². The predicted molar refractivity (Wildman–Crippen MR) is 67.8 cm³/mol. The molecule has 0 bridgehead atoms. The van der Waals surface area contributed by atoms with E-state index in [2.05, 4.69) is 0 Å². The van der Waals surface area contributed by atoms with E-state index in [0.29, 0.717) is 0 Å². The minimum Gasteiger partial charge on any atom is -0.395 e. The molecule has 7 nitrogen and oxygen atoms in total. The standard InChI is InChI=1S/C11H13NO6S/c1-2-19(17,18)10(7-13)11(14)8-4-3-5-9(6-8)12(15)16/h3-6,10,13H,2,7H2,1H3. The number of Topliss-reactive ketones (excluding diaryl/α,β-unsaturated/α-hetero) is 1. The molecule has 0 radical (unpaired) electrons. The van der Waals surface area contributed by atoms with E-state index in [1.165, 1.54) is 25.1 Å². The van der Waals surface area contributed by atoms with E-state index in [1.54, 1.807) is 0 Å². The summed E-state index contributed by atoms with van der Waals surface area (Å²) in [7, 11) is -3.76. The zero-order valence-corrected chi connectivity index (χ0v) is 11.0. The molecule has 0 amide bonds. The summed E-state index contributed by atoms with van der Waals surface area (Å²) < 4.78 is 23.3. The van der Waals surface area contributed by atoms with Crippen molar-refractivity contribution in [2.24, 2.45) is 0 Å². The molecule has 1 atom stereocenters. The fourth-order valence-electron chi connectivity index (χ4n) is 1.52. The van der Waals surface area contributed by atoms with Crippen LogP contribution in [0.3, 0.4) is 0 Å². The average molecular weight is 287 g/mol. The zero-order valence-electron chi connectivity index (χ0n) is 10.1. The van der Waals surface area contributed by atoms with Crippen molar-refractivity contribution in [3.8, 4) is 0 Å². The number of aliphatic hydroxyl groups is 1. The lowest BCUT2D eigenvalue weighted by Gasteiger charge is -2.12. The highest BCUT2D eigenvalue weighted by molar-refractivity contribution is 7.92. The third-order valence-corrected chi connectivity index (χ3v) is 4.67. The van der Waals surface area contributed by atoms with Crippen LogP contribution >= 0.6 is 0 Å². The van der Waals surface area contributed by atoms with Gasteiger partial charge in [0.1, 0.15) is 5.25 Å². The number of nitro groups is 1. The van der Waals surface area contributed by atoms with E-state index < -0.39 is 32.4 Å². The maximum Gasteiger partial charge on any atom is 0.270 e. The number of sulfone groups is 1. The topological polar surface area (TPSA) is 115 Å². The van der Waals surface area contributed by atoms with Gasteiger partial charge in [-0.3, -0.25) is 14.9 Å². The van der Waals surface area contributed by atoms with Crippen LogP contribution in [0, 0.1) is 10.1 Å². The summed E-state index contributed by atoms with van der Waals surface area (Å²) in [6.07, 6.45) is 0. The molecule has 1 unspecified atom stereocenters. The van der Waals surface area contributed by atoms with Gasteiger partial charge in [-0.25, -0.2) is 8.42 Å². The van der Waals surface area contributed by atoms with Crippen molar-refractivity contribution in [2.45, 2.75) is 12.2 Å². The summed E-state index contributed by atoms with van der Waals surface area (Å²) in [5, 5.41) is 18.1. The number of hydrogen-bond acceptors (Lipinski definition) is 6. The molecule has 0 saturated carbocycles. The summed E-state index contributed by atoms with van der Waals surface area (Å²) >= 11 is 0. The lowest BCUT2D eigenvalue weighted by molar-refractivity contribution is -0.384. The Labute approximate surface area is 109 Å². The van der Waals surface area contributed by atoms with Gasteiger partial charge in [0.15, 0.2) is 15.6 Å². The number of carbonyl (C=O) groups is 1. The maximum atomic E-state index is 12.0. The molecule has 0 saturated heterocycles. The molecule has 0 aliphatic carbocycles. The Balaban J connectivity index is 3.19. The number of ketones is 1. The van der Waals surface area contributed by atoms with Crippen molar-refractivity contribution >= 4 is 21.3 Å². The monoisotopic (exact) mass is 287 g/mol. The Hall–Kier alpha value is -1.80. The fraction of sp³-hybridized carbons (Fsp3) is 0.364. The molecule has 0 aromatic heterocycles. The summed E-state index contributed by atoms with van der Waals surface area (Å²) in [5.41, 5.74) is -0.415. The normalized spacial score (nSPS) is 12.9. The first-order valence-corrected chi connectivity index (χ1v) is 7.16. The number of rotatable bonds is 6. The number of nitro benzene ring substituents is 1. The second kappa shape index (κ2) is 5.89. The summed E-state index contributed by atoms with van der Waals surface area (Å²) in [5.74, 6) is -1.13. The van der Waals surface area contributed by atoms with Crippen molar-refractivity contribution < 1.29 is 23.2 Å². The average Bonchev–Trinajstić information content (AvgIpc) is 2.39. The molecule has 1 aromatic carbocycles. The minimum atomic E-state index is -3.76. The van der Waals surface area contributed by atoms with Crippen molar-refractivity contribution in [3.63, 3.8) is 0 Å². The van der Waals surface area contributed by atoms with Gasteiger partial charge in [-0.15, -0.1) is 0 Å². The van der Waals surface area contributed by atoms with Crippen LogP contribution in [0.5, 0.6) is 0 Å². The van der Waals surface area contributed by atoms with Crippen LogP contribution < -0.4 is 0 Å². The summed E-state index contributed by atoms with van der Waals surface area (Å²) in [6, 6.07) is 4.76. The van der Waals surface area contributed by atoms with E-state index >= 15 is 0 Å². The van der Waals surface area contributed by atoms with Crippen LogP contribution in [0.15, 0.2) is 24.3 Å². The molecule has 1 N–H and O–H groups in total. The van der Waals surface area contributed by atoms with Gasteiger partial charge in [0, 0.05) is 23.4 Å². The van der Waals surface area contributed by atoms with Gasteiger partial charge in [-0.1, -0.05) is 19.1 Å². The number of benzene rings is 1. The Bertz CT molecular complexity index is 595. The van der Waals surface area contributed by atoms with E-state index in [4.69, 9.17) is 5.11 Å². The smallest absolute Gasteiger partial charge is 0.270 e. The zero-order chi connectivity index (χ0) is 14.6. The highest BCUT2D eigenvalue weighted by Crippen LogP contribution is 2.17. The van der Waals surface area contributed by atoms with Crippen LogP contribution in [0.1, 0.15) is 17.3 Å². The first-order chi connectivity index (χ1) is 8.83. The second-order valence-corrected chi connectivity index (χ2v) is 6.27. The highest BCUT2D eigenvalue weighted by atomic mass is 32.2. The van der Waals surface area contributed by atoms with Gasteiger partial charge in [0.05, 0.1) is 11.5 Å². The van der Waals surface area contributed by atoms with Crippen molar-refractivity contribution in [3.05, 3.63) is 39.9 Å². The molecule has 8 heteroatoms. The maximum absolute atomic E-state index is 12.0. The Morgan fingerprint density at radius 3 is 2.58 bits per heavy atom. The molecule has 0 aliphatic rings. The number of carbonyl (C=O) groups excluding carboxylic acids is 1. The Morgan fingerprint density at radius 2 is 2.11 bits per heavy atom. The Morgan fingerprint density at radius 1 is 1.47 bits per heavy atom. The number of nitrogens with zero attached hydrogens (tertiary/aromatic N) is 1. The quantitative estimate of drug-likeness (QED) is 0.465. The van der Waals surface area contributed by atoms with Crippen LogP contribution in [0.4, 0.5) is 5.69 Å². The molecule has 1 rings (SSSR count). The molecule has 0 aliphatic heterocycles. The molecule has 0 spiro atoms. The lowest BCUT2D eigenvalue weighted by Crippen LogP contribution is -2.35. The minimum absolute atomic E-state index is 0.106. The third kappa shape index (κ3) is 3.36. The number of hydrogen-bond donors (Lipinski definition) is 1. The van der Waals surface area contributed by atoms with Crippen LogP contribution in [0.2, 0.25) is 0 Å². The predicted octanol–water partition coefficient (Wildman–Crippen LogP) is 0.573. The van der Waals surface area contributed by atoms with Crippen molar-refractivity contribution in [1.29, 1.82) is 0 Å². The second-order valence-electron chi connectivity index (χ2n) is 3.79. The molecule has 104 valence electrons. The van der Waals surface area contributed by atoms with E-state index in [-0.39, 0.29) is 17.0 Å². The van der Waals surface area contributed by atoms with Crippen molar-refractivity contribution in [2.75, 3.05) is 12.4 Å². The molecule has 0 heterocycles. The first-order valence-electron chi connectivity index (χ1n) is 5.44. The molecule has 19 heavy (non-hydrogen) atoms. The van der Waals surface area contributed by atoms with Crippen LogP contribution in [0.25, 0.3) is 0 Å². The number of non-ortho nitro benzene ring substituents is 1. The Kier molecular flexibility index (Phi) is 4.73. The largest absolute Gasteiger partial charge is 0.395 e. The van der Waals surface area contributed by atoms with Gasteiger partial charge < -0.3 is 5.11 Å². The van der Waals surface area contributed by atoms with Crippen molar-refractivity contribution in [1.82, 2.24) is 0 Å². The van der Waals surface area contributed by atoms with E-state index in [0.717, 1.165) is 6.07 Å². The molecule has 1 aromatic rings. The molecular weight excluding hydrogens is 274 g/mol. The van der Waals surface area contributed by atoms with Gasteiger partial charge in [0.2, 0.25) is 0 Å². The number of aliphatic hydroxyl groups excluding tert-OH is 1. The lowest BCUT2D eigenvalue weighted by atomic mass is 10.1. The fourth-order valence-corrected chi connectivity index (χ4v) is 2.61. The SMILES string of the molecule is CCS(=O)(=O)C(CO)C(=O)c1cccc([N+](=O)[O-])c1. The van der Waals surface area contributed by atoms with Crippen LogP contribution in [-0.4, -0.2) is 41.8 Å². The molecular formula is C11H13NO6S. The van der Waals surface area contributed by atoms with Crippen LogP contribution in [-0.2, 0) is 9.84 Å². The molecule has 0 fully saturated rings. The summed E-state index contributed by atoms with van der Waals surface area (Å²) in [6.45, 7) is 0.510. The summed E-state index contributed by atoms with van der Waals surface area (Å²) in [4.78, 5) is 21.9. The van der Waals surface area contributed by atoms with Gasteiger partial charge in [0.25, 0.3) is 5.69 Å².